The summed E-state index contributed by atoms with van der Waals surface area (Å²) in [6.07, 6.45) is 2.28. The third kappa shape index (κ3) is 2.65. The summed E-state index contributed by atoms with van der Waals surface area (Å²) in [5.41, 5.74) is -0.431. The molecule has 0 spiro atoms. The van der Waals surface area contributed by atoms with Gasteiger partial charge < -0.3 is 19.3 Å². The number of nitrogens with one attached hydrogen (secondary N) is 1. The van der Waals surface area contributed by atoms with Crippen molar-refractivity contribution in [3.05, 3.63) is 11.7 Å². The first-order valence-corrected chi connectivity index (χ1v) is 5.91. The van der Waals surface area contributed by atoms with Crippen LogP contribution in [0, 0.1) is 0 Å². The Balaban J connectivity index is 2.10. The number of nitrogens with zero attached hydrogens (tertiary/aromatic N) is 2. The van der Waals surface area contributed by atoms with Gasteiger partial charge in [0, 0.05) is 46.1 Å². The molecule has 6 heteroatoms. The molecule has 1 aromatic heterocycles. The molecule has 1 fully saturated rings. The highest BCUT2D eigenvalue weighted by molar-refractivity contribution is 5.03. The highest BCUT2D eigenvalue weighted by Gasteiger charge is 2.39. The maximum atomic E-state index is 5.60. The lowest BCUT2D eigenvalue weighted by molar-refractivity contribution is -0.101. The van der Waals surface area contributed by atoms with Crippen LogP contribution in [0.5, 0.6) is 0 Å². The van der Waals surface area contributed by atoms with Crippen molar-refractivity contribution >= 4 is 0 Å². The Morgan fingerprint density at radius 3 is 2.82 bits per heavy atom. The third-order valence-electron chi connectivity index (χ3n) is 3.16. The smallest absolute Gasteiger partial charge is 0.228 e. The van der Waals surface area contributed by atoms with Crippen LogP contribution in [-0.2, 0) is 21.5 Å². The number of aromatic nitrogens is 2. The number of likely N-dealkylation sites (N-methyl/N-ethyl adjacent to an activating group) is 1. The van der Waals surface area contributed by atoms with Crippen molar-refractivity contribution in [1.29, 1.82) is 0 Å². The van der Waals surface area contributed by atoms with Gasteiger partial charge in [0.15, 0.2) is 0 Å². The molecule has 0 aliphatic carbocycles. The predicted molar refractivity (Wildman–Crippen MR) is 60.7 cm³/mol. The molecule has 1 aliphatic rings. The molecule has 0 atom stereocenters. The van der Waals surface area contributed by atoms with Crippen molar-refractivity contribution in [2.75, 3.05) is 33.9 Å². The fourth-order valence-electron chi connectivity index (χ4n) is 1.99. The molecule has 1 N–H and O–H groups in total. The zero-order valence-corrected chi connectivity index (χ0v) is 10.4. The molecule has 0 bridgehead atoms. The van der Waals surface area contributed by atoms with Crippen LogP contribution in [0.1, 0.15) is 24.6 Å². The molecule has 1 aliphatic heterocycles. The summed E-state index contributed by atoms with van der Waals surface area (Å²) in [4.78, 5) is 4.42. The van der Waals surface area contributed by atoms with Gasteiger partial charge in [-0.2, -0.15) is 4.98 Å². The number of rotatable bonds is 5. The van der Waals surface area contributed by atoms with Crippen molar-refractivity contribution in [2.24, 2.45) is 0 Å². The molecule has 2 heterocycles. The van der Waals surface area contributed by atoms with Crippen LogP contribution in [0.4, 0.5) is 0 Å². The van der Waals surface area contributed by atoms with Crippen LogP contribution in [0.25, 0.3) is 0 Å². The quantitative estimate of drug-likeness (QED) is 0.808. The molecule has 6 nitrogen and oxygen atoms in total. The molecule has 1 saturated heterocycles. The summed E-state index contributed by atoms with van der Waals surface area (Å²) in [5, 5.41) is 7.09. The minimum Gasteiger partial charge on any atom is -0.381 e. The molecule has 2 rings (SSSR count). The molecule has 0 radical (unpaired) electrons. The van der Waals surface area contributed by atoms with E-state index in [9.17, 15) is 0 Å². The molecule has 96 valence electrons. The highest BCUT2D eigenvalue weighted by atomic mass is 16.5. The Morgan fingerprint density at radius 2 is 2.18 bits per heavy atom. The zero-order chi connectivity index (χ0) is 12.1. The second-order valence-electron chi connectivity index (χ2n) is 4.18. The molecule has 17 heavy (non-hydrogen) atoms. The standard InChI is InChI=1S/C11H19N3O3/c1-12-6-3-9-13-10(14-17-9)11(15-2)4-7-16-8-5-11/h12H,3-8H2,1-2H3. The monoisotopic (exact) mass is 241 g/mol. The normalized spacial score (nSPS) is 19.4. The summed E-state index contributed by atoms with van der Waals surface area (Å²) in [5.74, 6) is 1.30. The van der Waals surface area contributed by atoms with Crippen LogP contribution in [0.15, 0.2) is 4.52 Å². The Bertz CT molecular complexity index is 347. The van der Waals surface area contributed by atoms with E-state index in [1.807, 2.05) is 7.05 Å². The second kappa shape index (κ2) is 5.57. The van der Waals surface area contributed by atoms with Gasteiger partial charge in [0.25, 0.3) is 0 Å². The van der Waals surface area contributed by atoms with Gasteiger partial charge in [-0.3, -0.25) is 0 Å². The fourth-order valence-corrected chi connectivity index (χ4v) is 1.99. The van der Waals surface area contributed by atoms with Crippen LogP contribution in [0.2, 0.25) is 0 Å². The van der Waals surface area contributed by atoms with Crippen molar-refractivity contribution < 1.29 is 14.0 Å². The second-order valence-corrected chi connectivity index (χ2v) is 4.18. The van der Waals surface area contributed by atoms with Gasteiger partial charge in [0.2, 0.25) is 11.7 Å². The number of methoxy groups -OCH3 is 1. The Kier molecular flexibility index (Phi) is 4.09. The van der Waals surface area contributed by atoms with E-state index in [0.29, 0.717) is 24.9 Å². The molecule has 1 aromatic rings. The summed E-state index contributed by atoms with van der Waals surface area (Å²) in [6, 6.07) is 0. The Hall–Kier alpha value is -0.980. The number of ether oxygens (including phenoxy) is 2. The van der Waals surface area contributed by atoms with Crippen molar-refractivity contribution in [2.45, 2.75) is 24.9 Å². The van der Waals surface area contributed by atoms with Gasteiger partial charge in [-0.05, 0) is 7.05 Å². The molecule has 0 aromatic carbocycles. The summed E-state index contributed by atoms with van der Waals surface area (Å²) in [6.45, 7) is 2.17. The van der Waals surface area contributed by atoms with Crippen LogP contribution < -0.4 is 5.32 Å². The number of hydrogen-bond acceptors (Lipinski definition) is 6. The van der Waals surface area contributed by atoms with Gasteiger partial charge in [-0.15, -0.1) is 0 Å². The largest absolute Gasteiger partial charge is 0.381 e. The van der Waals surface area contributed by atoms with Crippen molar-refractivity contribution in [3.63, 3.8) is 0 Å². The van der Waals surface area contributed by atoms with E-state index in [1.54, 1.807) is 7.11 Å². The topological polar surface area (TPSA) is 69.4 Å². The van der Waals surface area contributed by atoms with Crippen LogP contribution in [-0.4, -0.2) is 44.1 Å². The summed E-state index contributed by atoms with van der Waals surface area (Å²) >= 11 is 0. The molecular formula is C11H19N3O3. The van der Waals surface area contributed by atoms with E-state index in [4.69, 9.17) is 14.0 Å². The van der Waals surface area contributed by atoms with E-state index in [-0.39, 0.29) is 0 Å². The molecule has 0 amide bonds. The Labute approximate surface area is 101 Å². The number of hydrogen-bond donors (Lipinski definition) is 1. The lowest BCUT2D eigenvalue weighted by atomic mass is 9.93. The lowest BCUT2D eigenvalue weighted by Crippen LogP contribution is -2.36. The molecule has 0 unspecified atom stereocenters. The van der Waals surface area contributed by atoms with Gasteiger partial charge in [0.1, 0.15) is 5.60 Å². The van der Waals surface area contributed by atoms with Crippen LogP contribution >= 0.6 is 0 Å². The maximum Gasteiger partial charge on any atom is 0.228 e. The first-order valence-electron chi connectivity index (χ1n) is 5.91. The maximum absolute atomic E-state index is 5.60. The minimum atomic E-state index is -0.431. The van der Waals surface area contributed by atoms with Crippen molar-refractivity contribution in [1.82, 2.24) is 15.5 Å². The van der Waals surface area contributed by atoms with Crippen molar-refractivity contribution in [3.8, 4) is 0 Å². The third-order valence-corrected chi connectivity index (χ3v) is 3.16. The van der Waals surface area contributed by atoms with E-state index < -0.39 is 5.60 Å². The molecular weight excluding hydrogens is 222 g/mol. The lowest BCUT2D eigenvalue weighted by Gasteiger charge is -2.32. The first-order chi connectivity index (χ1) is 8.30. The van der Waals surface area contributed by atoms with E-state index in [1.165, 1.54) is 0 Å². The average molecular weight is 241 g/mol. The van der Waals surface area contributed by atoms with E-state index in [0.717, 1.165) is 25.8 Å². The highest BCUT2D eigenvalue weighted by Crippen LogP contribution is 2.33. The van der Waals surface area contributed by atoms with E-state index >= 15 is 0 Å². The van der Waals surface area contributed by atoms with Gasteiger partial charge >= 0.3 is 0 Å². The van der Waals surface area contributed by atoms with Gasteiger partial charge in [0.05, 0.1) is 0 Å². The van der Waals surface area contributed by atoms with Crippen LogP contribution in [0.3, 0.4) is 0 Å². The molecule has 0 saturated carbocycles. The minimum absolute atomic E-state index is 0.431. The predicted octanol–water partition coefficient (Wildman–Crippen LogP) is 0.484. The summed E-state index contributed by atoms with van der Waals surface area (Å²) in [7, 11) is 3.58. The SMILES string of the molecule is CNCCc1nc(C2(OC)CCOCC2)no1. The van der Waals surface area contributed by atoms with Gasteiger partial charge in [-0.25, -0.2) is 0 Å². The van der Waals surface area contributed by atoms with Gasteiger partial charge in [-0.1, -0.05) is 5.16 Å². The fraction of sp³-hybridized carbons (Fsp3) is 0.818. The Morgan fingerprint density at radius 1 is 1.41 bits per heavy atom. The van der Waals surface area contributed by atoms with E-state index in [2.05, 4.69) is 15.5 Å². The average Bonchev–Trinajstić information content (AvgIpc) is 2.86. The summed E-state index contributed by atoms with van der Waals surface area (Å²) < 4.78 is 16.2. The zero-order valence-electron chi connectivity index (χ0n) is 10.4. The first kappa shape index (κ1) is 12.5.